The SMILES string of the molecule is CC(CNc1cc(C(F)(F)F)nc2cc(C(F)(F)F)nn12)(c1ccc(F)cc1)C1CNC1. The number of hydrogen-bond acceptors (Lipinski definition) is 4. The lowest BCUT2D eigenvalue weighted by Crippen LogP contribution is -2.55. The minimum absolute atomic E-state index is 0.0720. The molecule has 0 bridgehead atoms. The van der Waals surface area contributed by atoms with Crippen LogP contribution in [-0.4, -0.2) is 34.2 Å². The second kappa shape index (κ2) is 7.61. The predicted octanol–water partition coefficient (Wildman–Crippen LogP) is 4.50. The minimum Gasteiger partial charge on any atom is -0.369 e. The maximum Gasteiger partial charge on any atom is 0.435 e. The topological polar surface area (TPSA) is 54.2 Å². The van der Waals surface area contributed by atoms with E-state index in [1.54, 1.807) is 12.1 Å². The van der Waals surface area contributed by atoms with Gasteiger partial charge in [-0.15, -0.1) is 0 Å². The Bertz CT molecular complexity index is 1120. The van der Waals surface area contributed by atoms with Crippen molar-refractivity contribution in [3.63, 3.8) is 0 Å². The number of rotatable bonds is 5. The minimum atomic E-state index is -4.86. The van der Waals surface area contributed by atoms with Gasteiger partial charge in [0.05, 0.1) is 0 Å². The normalized spacial score (nSPS) is 17.2. The molecule has 0 amide bonds. The zero-order chi connectivity index (χ0) is 23.3. The Morgan fingerprint density at radius 1 is 1.00 bits per heavy atom. The van der Waals surface area contributed by atoms with Gasteiger partial charge in [0.25, 0.3) is 0 Å². The molecule has 32 heavy (non-hydrogen) atoms. The summed E-state index contributed by atoms with van der Waals surface area (Å²) in [7, 11) is 0. The molecule has 2 aromatic heterocycles. The average Bonchev–Trinajstić information content (AvgIpc) is 3.09. The van der Waals surface area contributed by atoms with Crippen molar-refractivity contribution in [1.29, 1.82) is 0 Å². The van der Waals surface area contributed by atoms with Crippen molar-refractivity contribution in [3.05, 3.63) is 59.2 Å². The van der Waals surface area contributed by atoms with Crippen LogP contribution in [-0.2, 0) is 17.8 Å². The monoisotopic (exact) mass is 461 g/mol. The first kappa shape index (κ1) is 22.3. The number of fused-ring (bicyclic) bond motifs is 1. The van der Waals surface area contributed by atoms with Gasteiger partial charge in [-0.1, -0.05) is 19.1 Å². The summed E-state index contributed by atoms with van der Waals surface area (Å²) in [6, 6.07) is 6.85. The third kappa shape index (κ3) is 4.10. The van der Waals surface area contributed by atoms with E-state index >= 15 is 0 Å². The lowest BCUT2D eigenvalue weighted by Gasteiger charge is -2.44. The Kier molecular flexibility index (Phi) is 5.30. The molecule has 1 aromatic carbocycles. The fourth-order valence-corrected chi connectivity index (χ4v) is 3.71. The molecule has 0 saturated carbocycles. The summed E-state index contributed by atoms with van der Waals surface area (Å²) in [5, 5.41) is 9.37. The summed E-state index contributed by atoms with van der Waals surface area (Å²) in [6.07, 6.45) is -9.71. The van der Waals surface area contributed by atoms with Crippen molar-refractivity contribution in [3.8, 4) is 0 Å². The van der Waals surface area contributed by atoms with Crippen LogP contribution in [0.3, 0.4) is 0 Å². The first-order valence-corrected chi connectivity index (χ1v) is 9.64. The molecule has 4 rings (SSSR count). The van der Waals surface area contributed by atoms with E-state index in [0.717, 1.165) is 5.56 Å². The van der Waals surface area contributed by atoms with Crippen LogP contribution in [0.2, 0.25) is 0 Å². The second-order valence-corrected chi connectivity index (χ2v) is 7.95. The van der Waals surface area contributed by atoms with E-state index in [1.165, 1.54) is 12.1 Å². The van der Waals surface area contributed by atoms with Gasteiger partial charge in [-0.05, 0) is 23.6 Å². The van der Waals surface area contributed by atoms with Gasteiger partial charge in [-0.3, -0.25) is 0 Å². The van der Waals surface area contributed by atoms with Gasteiger partial charge in [0, 0.05) is 37.2 Å². The van der Waals surface area contributed by atoms with E-state index in [9.17, 15) is 30.7 Å². The summed E-state index contributed by atoms with van der Waals surface area (Å²) in [5.41, 5.74) is -3.17. The molecule has 12 heteroatoms. The van der Waals surface area contributed by atoms with E-state index in [0.29, 0.717) is 29.7 Å². The van der Waals surface area contributed by atoms with Crippen molar-refractivity contribution in [2.75, 3.05) is 25.0 Å². The molecule has 172 valence electrons. The van der Waals surface area contributed by atoms with Gasteiger partial charge in [-0.25, -0.2) is 9.37 Å². The van der Waals surface area contributed by atoms with Crippen LogP contribution < -0.4 is 10.6 Å². The fraction of sp³-hybridized carbons (Fsp3) is 0.400. The van der Waals surface area contributed by atoms with Crippen LogP contribution in [0.4, 0.5) is 36.6 Å². The van der Waals surface area contributed by atoms with Crippen LogP contribution >= 0.6 is 0 Å². The predicted molar refractivity (Wildman–Crippen MR) is 102 cm³/mol. The second-order valence-electron chi connectivity index (χ2n) is 7.95. The Hall–Kier alpha value is -2.89. The zero-order valence-electron chi connectivity index (χ0n) is 16.7. The molecule has 2 N–H and O–H groups in total. The van der Waals surface area contributed by atoms with Crippen LogP contribution in [0.1, 0.15) is 23.9 Å². The molecule has 1 saturated heterocycles. The maximum atomic E-state index is 13.4. The summed E-state index contributed by atoms with van der Waals surface area (Å²) in [6.45, 7) is 3.21. The summed E-state index contributed by atoms with van der Waals surface area (Å²) < 4.78 is 93.4. The molecule has 0 spiro atoms. The number of hydrogen-bond donors (Lipinski definition) is 2. The van der Waals surface area contributed by atoms with Crippen LogP contribution in [0.25, 0.3) is 5.65 Å². The Morgan fingerprint density at radius 2 is 1.62 bits per heavy atom. The maximum absolute atomic E-state index is 13.4. The van der Waals surface area contributed by atoms with Crippen LogP contribution in [0.15, 0.2) is 36.4 Å². The number of anilines is 1. The quantitative estimate of drug-likeness (QED) is 0.550. The third-order valence-electron chi connectivity index (χ3n) is 5.83. The molecule has 0 radical (unpaired) electrons. The number of halogens is 7. The summed E-state index contributed by atoms with van der Waals surface area (Å²) in [5.74, 6) is -0.639. The molecule has 3 heterocycles. The first-order chi connectivity index (χ1) is 14.9. The highest BCUT2D eigenvalue weighted by molar-refractivity contribution is 5.52. The lowest BCUT2D eigenvalue weighted by molar-refractivity contribution is -0.142. The molecular formula is C20H18F7N5. The van der Waals surface area contributed by atoms with E-state index in [2.05, 4.69) is 20.7 Å². The molecule has 1 aliphatic rings. The van der Waals surface area contributed by atoms with Gasteiger partial charge < -0.3 is 10.6 Å². The lowest BCUT2D eigenvalue weighted by atomic mass is 9.69. The molecule has 0 aliphatic carbocycles. The Morgan fingerprint density at radius 3 is 2.16 bits per heavy atom. The number of nitrogens with zero attached hydrogens (tertiary/aromatic N) is 3. The fourth-order valence-electron chi connectivity index (χ4n) is 3.71. The highest BCUT2D eigenvalue weighted by Gasteiger charge is 2.41. The number of nitrogens with one attached hydrogen (secondary N) is 2. The highest BCUT2D eigenvalue weighted by Crippen LogP contribution is 2.37. The molecule has 1 fully saturated rings. The largest absolute Gasteiger partial charge is 0.435 e. The van der Waals surface area contributed by atoms with E-state index in [4.69, 9.17) is 0 Å². The van der Waals surface area contributed by atoms with Gasteiger partial charge >= 0.3 is 12.4 Å². The van der Waals surface area contributed by atoms with E-state index in [-0.39, 0.29) is 18.3 Å². The molecule has 1 aliphatic heterocycles. The van der Waals surface area contributed by atoms with Gasteiger partial charge in [0.1, 0.15) is 11.6 Å². The van der Waals surface area contributed by atoms with Crippen molar-refractivity contribution in [2.45, 2.75) is 24.7 Å². The molecular weight excluding hydrogens is 443 g/mol. The van der Waals surface area contributed by atoms with E-state index < -0.39 is 40.6 Å². The Labute approximate surface area is 177 Å². The smallest absolute Gasteiger partial charge is 0.369 e. The average molecular weight is 461 g/mol. The first-order valence-electron chi connectivity index (χ1n) is 9.64. The van der Waals surface area contributed by atoms with Crippen LogP contribution in [0, 0.1) is 11.7 Å². The summed E-state index contributed by atoms with van der Waals surface area (Å²) in [4.78, 5) is 3.30. The number of benzene rings is 1. The zero-order valence-corrected chi connectivity index (χ0v) is 16.7. The molecule has 1 atom stereocenters. The molecule has 5 nitrogen and oxygen atoms in total. The number of alkyl halides is 6. The van der Waals surface area contributed by atoms with Crippen LogP contribution in [0.5, 0.6) is 0 Å². The number of aromatic nitrogens is 3. The molecule has 1 unspecified atom stereocenters. The van der Waals surface area contributed by atoms with Gasteiger partial charge in [0.2, 0.25) is 0 Å². The van der Waals surface area contributed by atoms with Crippen molar-refractivity contribution < 1.29 is 30.7 Å². The standard InChI is InChI=1S/C20H18F7N5/c1-18(12-8-28-9-12,11-2-4-13(21)5-3-11)10-29-16-6-14(19(22,23)24)30-17-7-15(20(25,26)27)31-32(16)17/h2-7,12,28-29H,8-10H2,1H3. The van der Waals surface area contributed by atoms with Crippen molar-refractivity contribution >= 4 is 11.5 Å². The Balaban J connectivity index is 1.74. The third-order valence-corrected chi connectivity index (χ3v) is 5.83. The van der Waals surface area contributed by atoms with Crippen molar-refractivity contribution in [1.82, 2.24) is 19.9 Å². The molecule has 3 aromatic rings. The van der Waals surface area contributed by atoms with E-state index in [1.807, 2.05) is 6.92 Å². The van der Waals surface area contributed by atoms with Gasteiger partial charge in [0.15, 0.2) is 17.0 Å². The highest BCUT2D eigenvalue weighted by atomic mass is 19.4. The van der Waals surface area contributed by atoms with Gasteiger partial charge in [-0.2, -0.15) is 36.0 Å². The van der Waals surface area contributed by atoms with Crippen molar-refractivity contribution in [2.24, 2.45) is 5.92 Å². The summed E-state index contributed by atoms with van der Waals surface area (Å²) >= 11 is 0.